The van der Waals surface area contributed by atoms with Crippen LogP contribution in [0.2, 0.25) is 0 Å². The Bertz CT molecular complexity index is 963. The molecule has 3 rings (SSSR count). The lowest BCUT2D eigenvalue weighted by Gasteiger charge is -2.22. The van der Waals surface area contributed by atoms with Gasteiger partial charge in [0.2, 0.25) is 5.91 Å². The van der Waals surface area contributed by atoms with Gasteiger partial charge in [-0.2, -0.15) is 0 Å². The summed E-state index contributed by atoms with van der Waals surface area (Å²) in [6.07, 6.45) is 0.843. The fourth-order valence-electron chi connectivity index (χ4n) is 2.83. The van der Waals surface area contributed by atoms with Crippen LogP contribution in [0.4, 0.5) is 0 Å². The SMILES string of the molecule is CCCN(Cc1ccc(C)cc1)C(=O)Cn1nnc2ccccc2c1=O. The summed E-state index contributed by atoms with van der Waals surface area (Å²) < 4.78 is 1.14. The normalized spacial score (nSPS) is 10.8. The molecular formula is C20H22N4O2. The monoisotopic (exact) mass is 350 g/mol. The molecule has 0 aliphatic carbocycles. The summed E-state index contributed by atoms with van der Waals surface area (Å²) >= 11 is 0. The van der Waals surface area contributed by atoms with Gasteiger partial charge in [-0.1, -0.05) is 54.1 Å². The van der Waals surface area contributed by atoms with Crippen LogP contribution in [0, 0.1) is 6.92 Å². The van der Waals surface area contributed by atoms with E-state index in [1.54, 1.807) is 29.2 Å². The number of fused-ring (bicyclic) bond motifs is 1. The maximum atomic E-state index is 12.8. The smallest absolute Gasteiger partial charge is 0.278 e. The number of rotatable bonds is 6. The highest BCUT2D eigenvalue weighted by molar-refractivity contribution is 5.78. The van der Waals surface area contributed by atoms with Gasteiger partial charge in [0.1, 0.15) is 12.1 Å². The molecule has 1 amide bonds. The molecule has 0 unspecified atom stereocenters. The second-order valence-electron chi connectivity index (χ2n) is 6.37. The average Bonchev–Trinajstić information content (AvgIpc) is 2.65. The second kappa shape index (κ2) is 7.91. The minimum absolute atomic E-state index is 0.109. The van der Waals surface area contributed by atoms with E-state index in [0.717, 1.165) is 16.7 Å². The van der Waals surface area contributed by atoms with Gasteiger partial charge in [-0.25, -0.2) is 4.68 Å². The van der Waals surface area contributed by atoms with E-state index >= 15 is 0 Å². The Morgan fingerprint density at radius 2 is 1.85 bits per heavy atom. The zero-order valence-corrected chi connectivity index (χ0v) is 15.1. The molecule has 3 aromatic rings. The van der Waals surface area contributed by atoms with Gasteiger partial charge in [-0.3, -0.25) is 9.59 Å². The van der Waals surface area contributed by atoms with Gasteiger partial charge in [-0.15, -0.1) is 5.10 Å². The fraction of sp³-hybridized carbons (Fsp3) is 0.300. The summed E-state index contributed by atoms with van der Waals surface area (Å²) in [7, 11) is 0. The van der Waals surface area contributed by atoms with E-state index in [0.29, 0.717) is 24.0 Å². The van der Waals surface area contributed by atoms with Gasteiger partial charge in [-0.05, 0) is 31.0 Å². The fourth-order valence-corrected chi connectivity index (χ4v) is 2.83. The van der Waals surface area contributed by atoms with Crippen molar-refractivity contribution in [2.24, 2.45) is 0 Å². The first kappa shape index (κ1) is 17.8. The van der Waals surface area contributed by atoms with Crippen LogP contribution >= 0.6 is 0 Å². The highest BCUT2D eigenvalue weighted by Crippen LogP contribution is 2.09. The standard InChI is InChI=1S/C20H22N4O2/c1-3-12-23(13-16-10-8-15(2)9-11-16)19(25)14-24-20(26)17-6-4-5-7-18(17)21-22-24/h4-11H,3,12-14H2,1-2H3. The van der Waals surface area contributed by atoms with Crippen molar-refractivity contribution < 1.29 is 4.79 Å². The number of benzene rings is 2. The number of carbonyl (C=O) groups excluding carboxylic acids is 1. The summed E-state index contributed by atoms with van der Waals surface area (Å²) in [5, 5.41) is 8.42. The zero-order valence-electron chi connectivity index (χ0n) is 15.1. The van der Waals surface area contributed by atoms with Crippen molar-refractivity contribution in [3.63, 3.8) is 0 Å². The van der Waals surface area contributed by atoms with E-state index in [-0.39, 0.29) is 18.0 Å². The van der Waals surface area contributed by atoms with Crippen molar-refractivity contribution in [1.82, 2.24) is 19.9 Å². The number of nitrogens with zero attached hydrogens (tertiary/aromatic N) is 4. The summed E-state index contributed by atoms with van der Waals surface area (Å²) in [6.45, 7) is 5.09. The summed E-state index contributed by atoms with van der Waals surface area (Å²) in [5.74, 6) is -0.140. The van der Waals surface area contributed by atoms with E-state index in [1.807, 2.05) is 38.1 Å². The molecule has 0 atom stereocenters. The lowest BCUT2D eigenvalue weighted by atomic mass is 10.1. The molecule has 0 N–H and O–H groups in total. The Morgan fingerprint density at radius 3 is 2.58 bits per heavy atom. The number of hydrogen-bond donors (Lipinski definition) is 0. The zero-order chi connectivity index (χ0) is 18.5. The Kier molecular flexibility index (Phi) is 5.41. The van der Waals surface area contributed by atoms with E-state index in [9.17, 15) is 9.59 Å². The van der Waals surface area contributed by atoms with Gasteiger partial charge in [0.15, 0.2) is 0 Å². The highest BCUT2D eigenvalue weighted by atomic mass is 16.2. The molecule has 6 heteroatoms. The number of hydrogen-bond acceptors (Lipinski definition) is 4. The summed E-state index contributed by atoms with van der Waals surface area (Å²) in [5.41, 5.74) is 2.48. The second-order valence-corrected chi connectivity index (χ2v) is 6.37. The molecule has 1 aromatic heterocycles. The van der Waals surface area contributed by atoms with Crippen LogP contribution < -0.4 is 5.56 Å². The van der Waals surface area contributed by atoms with Gasteiger partial charge < -0.3 is 4.90 Å². The van der Waals surface area contributed by atoms with E-state index in [1.165, 1.54) is 5.56 Å². The molecular weight excluding hydrogens is 328 g/mol. The van der Waals surface area contributed by atoms with E-state index < -0.39 is 0 Å². The van der Waals surface area contributed by atoms with Crippen molar-refractivity contribution in [2.75, 3.05) is 6.54 Å². The quantitative estimate of drug-likeness (QED) is 0.685. The van der Waals surface area contributed by atoms with Gasteiger partial charge in [0, 0.05) is 13.1 Å². The molecule has 0 aliphatic heterocycles. The van der Waals surface area contributed by atoms with Crippen LogP contribution in [0.5, 0.6) is 0 Å². The van der Waals surface area contributed by atoms with Crippen molar-refractivity contribution in [1.29, 1.82) is 0 Å². The van der Waals surface area contributed by atoms with Gasteiger partial charge in [0.25, 0.3) is 5.56 Å². The van der Waals surface area contributed by atoms with Crippen LogP contribution in [-0.4, -0.2) is 32.3 Å². The molecule has 0 saturated heterocycles. The van der Waals surface area contributed by atoms with Crippen molar-refractivity contribution >= 4 is 16.8 Å². The number of amides is 1. The van der Waals surface area contributed by atoms with Crippen molar-refractivity contribution in [3.05, 3.63) is 70.0 Å². The lowest BCUT2D eigenvalue weighted by molar-refractivity contribution is -0.132. The minimum Gasteiger partial charge on any atom is -0.337 e. The topological polar surface area (TPSA) is 68.1 Å². The Hall–Kier alpha value is -3.02. The molecule has 26 heavy (non-hydrogen) atoms. The number of carbonyl (C=O) groups is 1. The predicted molar refractivity (Wildman–Crippen MR) is 101 cm³/mol. The molecule has 2 aromatic carbocycles. The molecule has 0 fully saturated rings. The van der Waals surface area contributed by atoms with E-state index in [2.05, 4.69) is 10.3 Å². The maximum Gasteiger partial charge on any atom is 0.278 e. The van der Waals surface area contributed by atoms with Crippen molar-refractivity contribution in [3.8, 4) is 0 Å². The lowest BCUT2D eigenvalue weighted by Crippen LogP contribution is -2.37. The average molecular weight is 350 g/mol. The molecule has 0 bridgehead atoms. The van der Waals surface area contributed by atoms with Crippen LogP contribution in [0.15, 0.2) is 53.3 Å². The first-order chi connectivity index (χ1) is 12.6. The third-order valence-corrected chi connectivity index (χ3v) is 4.25. The molecule has 1 heterocycles. The molecule has 134 valence electrons. The van der Waals surface area contributed by atoms with Crippen LogP contribution in [0.3, 0.4) is 0 Å². The van der Waals surface area contributed by atoms with Crippen LogP contribution in [-0.2, 0) is 17.9 Å². The summed E-state index contributed by atoms with van der Waals surface area (Å²) in [4.78, 5) is 27.0. The molecule has 0 radical (unpaired) electrons. The van der Waals surface area contributed by atoms with Gasteiger partial charge in [0.05, 0.1) is 5.39 Å². The predicted octanol–water partition coefficient (Wildman–Crippen LogP) is 2.54. The number of aryl methyl sites for hydroxylation is 1. The Morgan fingerprint density at radius 1 is 1.12 bits per heavy atom. The molecule has 0 spiro atoms. The highest BCUT2D eigenvalue weighted by Gasteiger charge is 2.16. The van der Waals surface area contributed by atoms with E-state index in [4.69, 9.17) is 0 Å². The largest absolute Gasteiger partial charge is 0.337 e. The van der Waals surface area contributed by atoms with Crippen LogP contribution in [0.1, 0.15) is 24.5 Å². The first-order valence-electron chi connectivity index (χ1n) is 8.74. The first-order valence-corrected chi connectivity index (χ1v) is 8.74. The Labute approximate surface area is 152 Å². The third kappa shape index (κ3) is 3.96. The number of aromatic nitrogens is 3. The molecule has 0 saturated carbocycles. The third-order valence-electron chi connectivity index (χ3n) is 4.25. The van der Waals surface area contributed by atoms with Gasteiger partial charge >= 0.3 is 0 Å². The van der Waals surface area contributed by atoms with Crippen molar-refractivity contribution in [2.45, 2.75) is 33.4 Å². The van der Waals surface area contributed by atoms with Crippen LogP contribution in [0.25, 0.3) is 10.9 Å². The molecule has 6 nitrogen and oxygen atoms in total. The summed E-state index contributed by atoms with van der Waals surface area (Å²) in [6, 6.07) is 15.1. The maximum absolute atomic E-state index is 12.8. The Balaban J connectivity index is 1.80. The molecule has 0 aliphatic rings. The minimum atomic E-state index is -0.296.